The van der Waals surface area contributed by atoms with E-state index in [1.165, 1.54) is 57.8 Å². The average Bonchev–Trinajstić information content (AvgIpc) is 3.52. The molecule has 178 valence electrons. The van der Waals surface area contributed by atoms with E-state index in [-0.39, 0.29) is 11.5 Å². The molecule has 2 unspecified atom stereocenters. The zero-order valence-electron chi connectivity index (χ0n) is 20.3. The number of fused-ring (bicyclic) bond motifs is 5. The Hall–Kier alpha value is -0.120. The summed E-state index contributed by atoms with van der Waals surface area (Å²) in [7, 11) is 0. The first-order chi connectivity index (χ1) is 14.8. The first-order valence-corrected chi connectivity index (χ1v) is 13.8. The number of aliphatic hydroxyl groups excluding tert-OH is 3. The van der Waals surface area contributed by atoms with Crippen molar-refractivity contribution in [2.75, 3.05) is 0 Å². The molecule has 3 heteroatoms. The monoisotopic (exact) mass is 432 g/mol. The summed E-state index contributed by atoms with van der Waals surface area (Å²) in [6, 6.07) is 0. The molecule has 11 atom stereocenters. The summed E-state index contributed by atoms with van der Waals surface area (Å²) >= 11 is 0. The molecule has 0 saturated heterocycles. The largest absolute Gasteiger partial charge is 0.393 e. The van der Waals surface area contributed by atoms with Crippen LogP contribution in [-0.4, -0.2) is 33.6 Å². The second-order valence-corrected chi connectivity index (χ2v) is 13.2. The van der Waals surface area contributed by atoms with Crippen LogP contribution in [0.1, 0.15) is 104 Å². The van der Waals surface area contributed by atoms with Gasteiger partial charge in [-0.3, -0.25) is 0 Å². The molecule has 0 bridgehead atoms. The van der Waals surface area contributed by atoms with Crippen molar-refractivity contribution < 1.29 is 15.3 Å². The van der Waals surface area contributed by atoms with Gasteiger partial charge < -0.3 is 15.3 Å². The van der Waals surface area contributed by atoms with Crippen LogP contribution in [0.25, 0.3) is 0 Å². The topological polar surface area (TPSA) is 60.7 Å². The first-order valence-electron chi connectivity index (χ1n) is 13.8. The highest BCUT2D eigenvalue weighted by atomic mass is 16.3. The first kappa shape index (κ1) is 22.7. The van der Waals surface area contributed by atoms with Crippen molar-refractivity contribution in [3.8, 4) is 0 Å². The molecule has 5 saturated carbocycles. The zero-order valence-corrected chi connectivity index (χ0v) is 20.3. The zero-order chi connectivity index (χ0) is 22.0. The minimum absolute atomic E-state index is 0.0326. The van der Waals surface area contributed by atoms with Crippen molar-refractivity contribution in [2.45, 2.75) is 123 Å². The maximum atomic E-state index is 10.8. The van der Waals surface area contributed by atoms with Crippen molar-refractivity contribution >= 4 is 0 Å². The molecule has 5 rings (SSSR count). The van der Waals surface area contributed by atoms with Gasteiger partial charge in [-0.2, -0.15) is 0 Å². The molecule has 5 fully saturated rings. The van der Waals surface area contributed by atoms with Crippen LogP contribution in [0.3, 0.4) is 0 Å². The van der Waals surface area contributed by atoms with Gasteiger partial charge in [-0.25, -0.2) is 0 Å². The minimum atomic E-state index is -0.504. The van der Waals surface area contributed by atoms with Crippen LogP contribution >= 0.6 is 0 Å². The predicted molar refractivity (Wildman–Crippen MR) is 124 cm³/mol. The molecular formula is C28H48O3. The summed E-state index contributed by atoms with van der Waals surface area (Å²) in [6.07, 6.45) is 14.7. The maximum absolute atomic E-state index is 10.8. The highest BCUT2D eigenvalue weighted by Gasteiger charge is 2.61. The van der Waals surface area contributed by atoms with E-state index in [9.17, 15) is 15.3 Å². The van der Waals surface area contributed by atoms with Crippen molar-refractivity contribution in [1.29, 1.82) is 0 Å². The van der Waals surface area contributed by atoms with Crippen LogP contribution in [0.2, 0.25) is 0 Å². The number of aliphatic hydroxyl groups is 3. The van der Waals surface area contributed by atoms with Gasteiger partial charge in [0.1, 0.15) is 0 Å². The van der Waals surface area contributed by atoms with E-state index >= 15 is 0 Å². The summed E-state index contributed by atoms with van der Waals surface area (Å²) in [4.78, 5) is 0. The van der Waals surface area contributed by atoms with Gasteiger partial charge in [0.2, 0.25) is 0 Å². The quantitative estimate of drug-likeness (QED) is 0.515. The Morgan fingerprint density at radius 3 is 2.19 bits per heavy atom. The molecule has 0 aromatic heterocycles. The van der Waals surface area contributed by atoms with Crippen LogP contribution in [0, 0.1) is 52.3 Å². The molecule has 0 aromatic rings. The summed E-state index contributed by atoms with van der Waals surface area (Å²) in [5, 5.41) is 31.3. The van der Waals surface area contributed by atoms with E-state index in [1.54, 1.807) is 0 Å². The SMILES string of the molecule is CC(CCCC(O)C1CC1)[C@H]1CC[C@H]2[C@@H]3CC[C@H]4[C@@H](O)[C@@H](O)CC[C@]4(C)[C@H]3CC[C@]12C. The van der Waals surface area contributed by atoms with Crippen LogP contribution in [-0.2, 0) is 0 Å². The Balaban J connectivity index is 1.25. The van der Waals surface area contributed by atoms with Crippen molar-refractivity contribution in [2.24, 2.45) is 52.3 Å². The second-order valence-electron chi connectivity index (χ2n) is 13.2. The Bertz CT molecular complexity index is 646. The van der Waals surface area contributed by atoms with Crippen LogP contribution in [0.5, 0.6) is 0 Å². The third-order valence-corrected chi connectivity index (χ3v) is 11.8. The van der Waals surface area contributed by atoms with Gasteiger partial charge in [0.05, 0.1) is 18.3 Å². The normalized spacial score (nSPS) is 51.5. The Labute approximate surface area is 190 Å². The number of hydrogen-bond donors (Lipinski definition) is 3. The smallest absolute Gasteiger partial charge is 0.0832 e. The fourth-order valence-electron chi connectivity index (χ4n) is 9.86. The van der Waals surface area contributed by atoms with Crippen LogP contribution in [0.15, 0.2) is 0 Å². The van der Waals surface area contributed by atoms with Crippen molar-refractivity contribution in [1.82, 2.24) is 0 Å². The highest BCUT2D eigenvalue weighted by Crippen LogP contribution is 2.68. The van der Waals surface area contributed by atoms with Gasteiger partial charge >= 0.3 is 0 Å². The van der Waals surface area contributed by atoms with Gasteiger partial charge in [0, 0.05) is 0 Å². The molecule has 5 aliphatic carbocycles. The fourth-order valence-corrected chi connectivity index (χ4v) is 9.86. The van der Waals surface area contributed by atoms with E-state index in [1.807, 2.05) is 0 Å². The lowest BCUT2D eigenvalue weighted by molar-refractivity contribution is -0.174. The predicted octanol–water partition coefficient (Wildman–Crippen LogP) is 5.55. The van der Waals surface area contributed by atoms with E-state index in [4.69, 9.17) is 0 Å². The Kier molecular flexibility index (Phi) is 6.05. The number of hydrogen-bond acceptors (Lipinski definition) is 3. The standard InChI is InChI=1S/C28H48O3/c1-17(5-4-6-24(29)18-7-8-18)20-11-12-21-19-9-10-23-26(31)25(30)14-16-28(23,3)22(19)13-15-27(20,21)2/h17-26,29-31H,4-16H2,1-3H3/t17?,19-,20+,21-,22-,23-,24?,25-,26+,27+,28+/m0/s1. The number of rotatable bonds is 6. The molecule has 0 heterocycles. The van der Waals surface area contributed by atoms with Crippen molar-refractivity contribution in [3.05, 3.63) is 0 Å². The van der Waals surface area contributed by atoms with E-state index in [0.29, 0.717) is 17.3 Å². The summed E-state index contributed by atoms with van der Waals surface area (Å²) in [5.41, 5.74) is 0.719. The lowest BCUT2D eigenvalue weighted by Gasteiger charge is -2.62. The second kappa shape index (κ2) is 8.27. The third-order valence-electron chi connectivity index (χ3n) is 11.8. The third kappa shape index (κ3) is 3.73. The molecule has 3 nitrogen and oxygen atoms in total. The molecule has 5 aliphatic rings. The average molecular weight is 433 g/mol. The molecule has 0 amide bonds. The molecule has 0 aromatic carbocycles. The summed E-state index contributed by atoms with van der Waals surface area (Å²) in [6.45, 7) is 7.60. The molecule has 0 aliphatic heterocycles. The minimum Gasteiger partial charge on any atom is -0.393 e. The van der Waals surface area contributed by atoms with E-state index in [2.05, 4.69) is 20.8 Å². The molecule has 0 spiro atoms. The lowest BCUT2D eigenvalue weighted by Crippen LogP contribution is -2.58. The Morgan fingerprint density at radius 2 is 1.45 bits per heavy atom. The molecule has 0 radical (unpaired) electrons. The fraction of sp³-hybridized carbons (Fsp3) is 1.00. The van der Waals surface area contributed by atoms with Gasteiger partial charge in [-0.05, 0) is 123 Å². The summed E-state index contributed by atoms with van der Waals surface area (Å²) < 4.78 is 0. The van der Waals surface area contributed by atoms with E-state index < -0.39 is 12.2 Å². The van der Waals surface area contributed by atoms with Crippen molar-refractivity contribution in [3.63, 3.8) is 0 Å². The summed E-state index contributed by atoms with van der Waals surface area (Å²) in [5.74, 6) is 4.98. The highest BCUT2D eigenvalue weighted by molar-refractivity contribution is 5.11. The molecule has 31 heavy (non-hydrogen) atoms. The van der Waals surface area contributed by atoms with Crippen LogP contribution < -0.4 is 0 Å². The van der Waals surface area contributed by atoms with Gasteiger partial charge in [0.25, 0.3) is 0 Å². The van der Waals surface area contributed by atoms with Gasteiger partial charge in [-0.15, -0.1) is 0 Å². The maximum Gasteiger partial charge on any atom is 0.0832 e. The molecule has 3 N–H and O–H groups in total. The Morgan fingerprint density at radius 1 is 0.774 bits per heavy atom. The van der Waals surface area contributed by atoms with Crippen LogP contribution in [0.4, 0.5) is 0 Å². The molecular weight excluding hydrogens is 384 g/mol. The van der Waals surface area contributed by atoms with E-state index in [0.717, 1.165) is 55.3 Å². The van der Waals surface area contributed by atoms with Gasteiger partial charge in [-0.1, -0.05) is 33.6 Å². The lowest BCUT2D eigenvalue weighted by atomic mass is 9.44. The van der Waals surface area contributed by atoms with Gasteiger partial charge in [0.15, 0.2) is 0 Å².